The van der Waals surface area contributed by atoms with Gasteiger partial charge in [-0.1, -0.05) is 38.1 Å². The maximum absolute atomic E-state index is 12.8. The van der Waals surface area contributed by atoms with Gasteiger partial charge in [-0.25, -0.2) is 8.42 Å². The first-order valence-corrected chi connectivity index (χ1v) is 11.7. The lowest BCUT2D eigenvalue weighted by atomic mass is 10.0. The van der Waals surface area contributed by atoms with Gasteiger partial charge in [0, 0.05) is 0 Å². The van der Waals surface area contributed by atoms with Gasteiger partial charge in [-0.05, 0) is 42.2 Å². The fourth-order valence-corrected chi connectivity index (χ4v) is 4.18. The SMILES string of the molecule is CCc1ccccc1N(CC(=O)N[C@@H](CC)c1ccc(OC)c(OC)c1)S(C)(=O)=O. The van der Waals surface area contributed by atoms with E-state index >= 15 is 0 Å². The standard InChI is InChI=1S/C22H30N2O5S/c1-6-16-10-8-9-11-19(16)24(30(5,26)27)15-22(25)23-18(7-2)17-12-13-20(28-3)21(14-17)29-4/h8-14,18H,6-7,15H2,1-5H3,(H,23,25)/t18-/m0/s1. The second-order valence-electron chi connectivity index (χ2n) is 6.89. The molecule has 1 N–H and O–H groups in total. The number of anilines is 1. The number of para-hydroxylation sites is 1. The fourth-order valence-electron chi connectivity index (χ4n) is 3.30. The van der Waals surface area contributed by atoms with Crippen LogP contribution in [0.5, 0.6) is 11.5 Å². The minimum absolute atomic E-state index is 0.292. The molecule has 1 atom stereocenters. The molecule has 0 aliphatic carbocycles. The average molecular weight is 435 g/mol. The fraction of sp³-hybridized carbons (Fsp3) is 0.409. The predicted molar refractivity (Wildman–Crippen MR) is 119 cm³/mol. The van der Waals surface area contributed by atoms with Crippen molar-refractivity contribution in [2.45, 2.75) is 32.7 Å². The number of nitrogens with one attached hydrogen (secondary N) is 1. The second-order valence-corrected chi connectivity index (χ2v) is 8.80. The lowest BCUT2D eigenvalue weighted by Crippen LogP contribution is -2.41. The molecule has 1 amide bonds. The van der Waals surface area contributed by atoms with Crippen LogP contribution in [-0.4, -0.2) is 41.3 Å². The van der Waals surface area contributed by atoms with Crippen molar-refractivity contribution in [2.24, 2.45) is 0 Å². The summed E-state index contributed by atoms with van der Waals surface area (Å²) in [6.45, 7) is 3.60. The molecule has 2 aromatic rings. The first-order chi connectivity index (χ1) is 14.2. The molecule has 0 radical (unpaired) electrons. The zero-order valence-electron chi connectivity index (χ0n) is 18.1. The molecule has 30 heavy (non-hydrogen) atoms. The molecule has 0 aromatic heterocycles. The average Bonchev–Trinajstić information content (AvgIpc) is 2.74. The molecule has 2 aromatic carbocycles. The van der Waals surface area contributed by atoms with Crippen LogP contribution in [0.25, 0.3) is 0 Å². The van der Waals surface area contributed by atoms with Crippen molar-refractivity contribution in [3.05, 3.63) is 53.6 Å². The van der Waals surface area contributed by atoms with Gasteiger partial charge in [-0.2, -0.15) is 0 Å². The van der Waals surface area contributed by atoms with E-state index in [1.807, 2.05) is 38.1 Å². The number of carbonyl (C=O) groups excluding carboxylic acids is 1. The van der Waals surface area contributed by atoms with Crippen molar-refractivity contribution in [3.63, 3.8) is 0 Å². The molecule has 0 aliphatic heterocycles. The van der Waals surface area contributed by atoms with Crippen LogP contribution >= 0.6 is 0 Å². The number of carbonyl (C=O) groups is 1. The van der Waals surface area contributed by atoms with Crippen LogP contribution in [0.3, 0.4) is 0 Å². The molecule has 0 aliphatic rings. The molecule has 164 valence electrons. The highest BCUT2D eigenvalue weighted by Crippen LogP contribution is 2.31. The Hall–Kier alpha value is -2.74. The third kappa shape index (κ3) is 5.66. The van der Waals surface area contributed by atoms with Gasteiger partial charge in [-0.15, -0.1) is 0 Å². The number of amides is 1. The van der Waals surface area contributed by atoms with Gasteiger partial charge >= 0.3 is 0 Å². The van der Waals surface area contributed by atoms with Crippen molar-refractivity contribution >= 4 is 21.6 Å². The Morgan fingerprint density at radius 1 is 1.07 bits per heavy atom. The number of hydrogen-bond acceptors (Lipinski definition) is 5. The molecular weight excluding hydrogens is 404 g/mol. The lowest BCUT2D eigenvalue weighted by Gasteiger charge is -2.26. The van der Waals surface area contributed by atoms with Crippen molar-refractivity contribution in [1.29, 1.82) is 0 Å². The molecular formula is C22H30N2O5S. The molecule has 0 fully saturated rings. The number of sulfonamides is 1. The third-order valence-corrected chi connectivity index (χ3v) is 6.01. The smallest absolute Gasteiger partial charge is 0.241 e. The normalized spacial score (nSPS) is 12.2. The Labute approximate surface area is 179 Å². The zero-order valence-corrected chi connectivity index (χ0v) is 19.0. The molecule has 0 saturated heterocycles. The molecule has 0 bridgehead atoms. The van der Waals surface area contributed by atoms with E-state index in [0.717, 1.165) is 21.7 Å². The maximum Gasteiger partial charge on any atom is 0.241 e. The van der Waals surface area contributed by atoms with E-state index in [1.54, 1.807) is 32.4 Å². The van der Waals surface area contributed by atoms with E-state index in [0.29, 0.717) is 30.0 Å². The van der Waals surface area contributed by atoms with Crippen molar-refractivity contribution in [3.8, 4) is 11.5 Å². The highest BCUT2D eigenvalue weighted by atomic mass is 32.2. The van der Waals surface area contributed by atoms with Gasteiger partial charge in [0.2, 0.25) is 15.9 Å². The Morgan fingerprint density at radius 3 is 2.30 bits per heavy atom. The maximum atomic E-state index is 12.8. The quantitative estimate of drug-likeness (QED) is 0.620. The van der Waals surface area contributed by atoms with Crippen LogP contribution in [0.1, 0.15) is 37.4 Å². The summed E-state index contributed by atoms with van der Waals surface area (Å²) in [5, 5.41) is 2.94. The summed E-state index contributed by atoms with van der Waals surface area (Å²) in [6, 6.07) is 12.4. The van der Waals surface area contributed by atoms with Gasteiger partial charge < -0.3 is 14.8 Å². The van der Waals surface area contributed by atoms with Crippen LogP contribution < -0.4 is 19.1 Å². The van der Waals surface area contributed by atoms with Gasteiger partial charge in [0.1, 0.15) is 6.54 Å². The van der Waals surface area contributed by atoms with Gasteiger partial charge in [0.15, 0.2) is 11.5 Å². The highest BCUT2D eigenvalue weighted by Gasteiger charge is 2.24. The molecule has 7 nitrogen and oxygen atoms in total. The Kier molecular flexibility index (Phi) is 8.11. The molecule has 2 rings (SSSR count). The van der Waals surface area contributed by atoms with Gasteiger partial charge in [-0.3, -0.25) is 9.10 Å². The number of nitrogens with zero attached hydrogens (tertiary/aromatic N) is 1. The van der Waals surface area contributed by atoms with E-state index in [9.17, 15) is 13.2 Å². The Balaban J connectivity index is 2.26. The monoisotopic (exact) mass is 434 g/mol. The topological polar surface area (TPSA) is 84.9 Å². The minimum atomic E-state index is -3.64. The van der Waals surface area contributed by atoms with E-state index in [4.69, 9.17) is 9.47 Å². The number of aryl methyl sites for hydroxylation is 1. The number of hydrogen-bond donors (Lipinski definition) is 1. The van der Waals surface area contributed by atoms with Gasteiger partial charge in [0.25, 0.3) is 0 Å². The Bertz CT molecular complexity index is 975. The summed E-state index contributed by atoms with van der Waals surface area (Å²) in [6.07, 6.45) is 2.40. The van der Waals surface area contributed by atoms with E-state index < -0.39 is 10.0 Å². The van der Waals surface area contributed by atoms with E-state index in [2.05, 4.69) is 5.32 Å². The number of rotatable bonds is 10. The van der Waals surface area contributed by atoms with Crippen molar-refractivity contribution in [2.75, 3.05) is 31.3 Å². The largest absolute Gasteiger partial charge is 0.493 e. The van der Waals surface area contributed by atoms with Crippen LogP contribution in [0.4, 0.5) is 5.69 Å². The minimum Gasteiger partial charge on any atom is -0.493 e. The molecule has 0 saturated carbocycles. The number of methoxy groups -OCH3 is 2. The van der Waals surface area contributed by atoms with E-state index in [-0.39, 0.29) is 18.5 Å². The molecule has 0 unspecified atom stereocenters. The third-order valence-electron chi connectivity index (χ3n) is 4.88. The predicted octanol–water partition coefficient (Wildman–Crippen LogP) is 3.30. The van der Waals surface area contributed by atoms with E-state index in [1.165, 1.54) is 0 Å². The highest BCUT2D eigenvalue weighted by molar-refractivity contribution is 7.92. The number of ether oxygens (including phenoxy) is 2. The summed E-state index contributed by atoms with van der Waals surface area (Å²) < 4.78 is 36.6. The summed E-state index contributed by atoms with van der Waals surface area (Å²) >= 11 is 0. The summed E-state index contributed by atoms with van der Waals surface area (Å²) in [5.74, 6) is 0.784. The van der Waals surface area contributed by atoms with Crippen molar-refractivity contribution in [1.82, 2.24) is 5.32 Å². The summed E-state index contributed by atoms with van der Waals surface area (Å²) in [7, 11) is -0.525. The first-order valence-electron chi connectivity index (χ1n) is 9.82. The summed E-state index contributed by atoms with van der Waals surface area (Å²) in [4.78, 5) is 12.8. The summed E-state index contributed by atoms with van der Waals surface area (Å²) in [5.41, 5.74) is 2.24. The number of benzene rings is 2. The zero-order chi connectivity index (χ0) is 22.3. The molecule has 0 heterocycles. The van der Waals surface area contributed by atoms with Gasteiger partial charge in [0.05, 0.1) is 32.2 Å². The van der Waals surface area contributed by atoms with Crippen LogP contribution in [0, 0.1) is 0 Å². The second kappa shape index (κ2) is 10.3. The van der Waals surface area contributed by atoms with Crippen LogP contribution in [0.15, 0.2) is 42.5 Å². The molecule has 8 heteroatoms. The van der Waals surface area contributed by atoms with Crippen molar-refractivity contribution < 1.29 is 22.7 Å². The first kappa shape index (κ1) is 23.5. The lowest BCUT2D eigenvalue weighted by molar-refractivity contribution is -0.120. The Morgan fingerprint density at radius 2 is 1.73 bits per heavy atom. The molecule has 0 spiro atoms. The van der Waals surface area contributed by atoms with Crippen LogP contribution in [0.2, 0.25) is 0 Å². The van der Waals surface area contributed by atoms with Crippen LogP contribution in [-0.2, 0) is 21.2 Å².